The molecule has 0 spiro atoms. The van der Waals surface area contributed by atoms with Gasteiger partial charge in [-0.05, 0) is 42.9 Å². The van der Waals surface area contributed by atoms with Gasteiger partial charge in [0.2, 0.25) is 5.91 Å². The number of carbonyl (C=O) groups is 3. The molecule has 0 unspecified atom stereocenters. The van der Waals surface area contributed by atoms with E-state index in [0.717, 1.165) is 23.3 Å². The number of hydrogen-bond acceptors (Lipinski definition) is 6. The van der Waals surface area contributed by atoms with Crippen molar-refractivity contribution < 1.29 is 22.8 Å². The van der Waals surface area contributed by atoms with Crippen LogP contribution in [-0.2, 0) is 27.7 Å². The summed E-state index contributed by atoms with van der Waals surface area (Å²) in [6.45, 7) is 1.44. The van der Waals surface area contributed by atoms with Crippen molar-refractivity contribution in [1.82, 2.24) is 4.31 Å². The van der Waals surface area contributed by atoms with Gasteiger partial charge in [-0.25, -0.2) is 12.7 Å². The number of amides is 3. The van der Waals surface area contributed by atoms with Crippen LogP contribution in [-0.4, -0.2) is 37.0 Å². The van der Waals surface area contributed by atoms with E-state index < -0.39 is 34.3 Å². The first-order chi connectivity index (χ1) is 13.7. The summed E-state index contributed by atoms with van der Waals surface area (Å²) < 4.78 is 25.8. The molecule has 3 amide bonds. The Morgan fingerprint density at radius 3 is 2.72 bits per heavy atom. The summed E-state index contributed by atoms with van der Waals surface area (Å²) in [6.07, 6.45) is 2.43. The molecule has 0 bridgehead atoms. The number of anilines is 1. The molecule has 0 saturated heterocycles. The Hall–Kier alpha value is -2.72. The highest BCUT2D eigenvalue weighted by atomic mass is 32.2. The maximum absolute atomic E-state index is 12.6. The zero-order valence-electron chi connectivity index (χ0n) is 15.6. The highest BCUT2D eigenvalue weighted by Crippen LogP contribution is 2.39. The summed E-state index contributed by atoms with van der Waals surface area (Å²) >= 11 is 1.28. The molecular weight excluding hydrogens is 414 g/mol. The Bertz CT molecular complexity index is 1150. The summed E-state index contributed by atoms with van der Waals surface area (Å²) in [6, 6.07) is 5.82. The molecule has 152 valence electrons. The Morgan fingerprint density at radius 2 is 2.03 bits per heavy atom. The molecule has 2 heterocycles. The molecule has 0 fully saturated rings. The molecule has 4 rings (SSSR count). The van der Waals surface area contributed by atoms with Crippen molar-refractivity contribution in [3.63, 3.8) is 0 Å². The molecule has 1 aliphatic carbocycles. The molecule has 29 heavy (non-hydrogen) atoms. The Balaban J connectivity index is 1.59. The normalized spacial score (nSPS) is 19.6. The third kappa shape index (κ3) is 3.22. The molecule has 1 aliphatic heterocycles. The van der Waals surface area contributed by atoms with Crippen molar-refractivity contribution in [2.75, 3.05) is 11.9 Å². The largest absolute Gasteiger partial charge is 0.365 e. The van der Waals surface area contributed by atoms with Crippen LogP contribution in [0.2, 0.25) is 0 Å². The molecule has 0 saturated carbocycles. The number of rotatable bonds is 4. The van der Waals surface area contributed by atoms with Gasteiger partial charge in [0.1, 0.15) is 16.4 Å². The number of benzene rings is 1. The van der Waals surface area contributed by atoms with E-state index in [9.17, 15) is 22.8 Å². The van der Waals surface area contributed by atoms with Gasteiger partial charge in [0.05, 0.1) is 11.1 Å². The number of thiophene rings is 1. The summed E-state index contributed by atoms with van der Waals surface area (Å²) in [4.78, 5) is 37.9. The SMILES string of the molecule is C[C@@H]1CCc2c(sc(NC(=O)CN3C(=O)c4ccccc4S3(=O)=O)c2C(N)=O)C1. The second kappa shape index (κ2) is 6.96. The van der Waals surface area contributed by atoms with Crippen LogP contribution < -0.4 is 11.1 Å². The topological polar surface area (TPSA) is 127 Å². The van der Waals surface area contributed by atoms with Crippen LogP contribution in [0, 0.1) is 5.92 Å². The van der Waals surface area contributed by atoms with Crippen molar-refractivity contribution in [3.8, 4) is 0 Å². The lowest BCUT2D eigenvalue weighted by atomic mass is 9.88. The lowest BCUT2D eigenvalue weighted by molar-refractivity contribution is -0.116. The lowest BCUT2D eigenvalue weighted by Crippen LogP contribution is -2.37. The maximum Gasteiger partial charge on any atom is 0.269 e. The fourth-order valence-corrected chi connectivity index (χ4v) is 6.74. The molecule has 3 N–H and O–H groups in total. The minimum atomic E-state index is -4.08. The first-order valence-corrected chi connectivity index (χ1v) is 11.4. The van der Waals surface area contributed by atoms with Crippen LogP contribution in [0.25, 0.3) is 0 Å². The zero-order chi connectivity index (χ0) is 20.9. The second-order valence-corrected chi connectivity index (χ2v) is 10.2. The first-order valence-electron chi connectivity index (χ1n) is 9.10. The highest BCUT2D eigenvalue weighted by Gasteiger charge is 2.42. The fraction of sp³-hybridized carbons (Fsp3) is 0.316. The molecule has 1 aromatic heterocycles. The van der Waals surface area contributed by atoms with E-state index in [4.69, 9.17) is 5.73 Å². The van der Waals surface area contributed by atoms with Crippen molar-refractivity contribution in [1.29, 1.82) is 0 Å². The monoisotopic (exact) mass is 433 g/mol. The number of primary amides is 1. The predicted molar refractivity (Wildman–Crippen MR) is 107 cm³/mol. The smallest absolute Gasteiger partial charge is 0.269 e. The minimum Gasteiger partial charge on any atom is -0.365 e. The van der Waals surface area contributed by atoms with Gasteiger partial charge >= 0.3 is 0 Å². The lowest BCUT2D eigenvalue weighted by Gasteiger charge is -2.18. The van der Waals surface area contributed by atoms with Gasteiger partial charge in [-0.15, -0.1) is 11.3 Å². The third-order valence-electron chi connectivity index (χ3n) is 5.21. The van der Waals surface area contributed by atoms with Gasteiger partial charge in [-0.1, -0.05) is 19.1 Å². The van der Waals surface area contributed by atoms with Gasteiger partial charge in [0, 0.05) is 4.88 Å². The van der Waals surface area contributed by atoms with Gasteiger partial charge in [0.15, 0.2) is 0 Å². The molecule has 1 atom stereocenters. The Labute approximate surface area is 171 Å². The summed E-state index contributed by atoms with van der Waals surface area (Å²) in [5.41, 5.74) is 6.71. The van der Waals surface area contributed by atoms with E-state index >= 15 is 0 Å². The summed E-state index contributed by atoms with van der Waals surface area (Å²) in [7, 11) is -4.08. The van der Waals surface area contributed by atoms with E-state index in [2.05, 4.69) is 12.2 Å². The van der Waals surface area contributed by atoms with Crippen LogP contribution in [0.3, 0.4) is 0 Å². The number of fused-ring (bicyclic) bond motifs is 2. The number of nitrogens with two attached hydrogens (primary N) is 1. The van der Waals surface area contributed by atoms with E-state index in [1.165, 1.54) is 29.5 Å². The molecular formula is C19H19N3O5S2. The molecule has 1 aromatic carbocycles. The third-order valence-corrected chi connectivity index (χ3v) is 8.17. The predicted octanol–water partition coefficient (Wildman–Crippen LogP) is 1.76. The highest BCUT2D eigenvalue weighted by molar-refractivity contribution is 7.90. The summed E-state index contributed by atoms with van der Waals surface area (Å²) in [5.74, 6) is -1.62. The second-order valence-electron chi connectivity index (χ2n) is 7.28. The average molecular weight is 434 g/mol. The van der Waals surface area contributed by atoms with Crippen molar-refractivity contribution in [2.24, 2.45) is 11.7 Å². The maximum atomic E-state index is 12.6. The van der Waals surface area contributed by atoms with E-state index in [-0.39, 0.29) is 16.0 Å². The van der Waals surface area contributed by atoms with Gasteiger partial charge in [-0.2, -0.15) is 0 Å². The number of carbonyl (C=O) groups excluding carboxylic acids is 3. The van der Waals surface area contributed by atoms with E-state index in [1.807, 2.05) is 0 Å². The first kappa shape index (κ1) is 19.6. The Kier molecular flexibility index (Phi) is 4.70. The van der Waals surface area contributed by atoms with Crippen LogP contribution in [0.15, 0.2) is 29.2 Å². The number of sulfonamides is 1. The van der Waals surface area contributed by atoms with Crippen molar-refractivity contribution >= 4 is 44.1 Å². The number of nitrogens with zero attached hydrogens (tertiary/aromatic N) is 1. The van der Waals surface area contributed by atoms with E-state index in [0.29, 0.717) is 21.6 Å². The van der Waals surface area contributed by atoms with Crippen LogP contribution in [0.5, 0.6) is 0 Å². The van der Waals surface area contributed by atoms with E-state index in [1.54, 1.807) is 6.07 Å². The molecule has 2 aromatic rings. The van der Waals surface area contributed by atoms with Gasteiger partial charge in [0.25, 0.3) is 21.8 Å². The summed E-state index contributed by atoms with van der Waals surface area (Å²) in [5, 5.41) is 2.90. The minimum absolute atomic E-state index is 0.0405. The molecule has 2 aliphatic rings. The van der Waals surface area contributed by atoms with Gasteiger partial charge in [-0.3, -0.25) is 14.4 Å². The molecule has 8 nitrogen and oxygen atoms in total. The van der Waals surface area contributed by atoms with Crippen molar-refractivity contribution in [3.05, 3.63) is 45.8 Å². The number of nitrogens with one attached hydrogen (secondary N) is 1. The van der Waals surface area contributed by atoms with Gasteiger partial charge < -0.3 is 11.1 Å². The number of hydrogen-bond donors (Lipinski definition) is 2. The van der Waals surface area contributed by atoms with Crippen LogP contribution >= 0.6 is 11.3 Å². The quantitative estimate of drug-likeness (QED) is 0.760. The Morgan fingerprint density at radius 1 is 1.31 bits per heavy atom. The zero-order valence-corrected chi connectivity index (χ0v) is 17.2. The van der Waals surface area contributed by atoms with Crippen molar-refractivity contribution in [2.45, 2.75) is 31.1 Å². The molecule has 10 heteroatoms. The van der Waals surface area contributed by atoms with Crippen LogP contribution in [0.1, 0.15) is 44.5 Å². The standard InChI is InChI=1S/C19H19N3O5S2/c1-10-6-7-11-13(8-10)28-18(16(11)17(20)24)21-15(23)9-22-19(25)12-4-2-3-5-14(12)29(22,26)27/h2-5,10H,6-9H2,1H3,(H2,20,24)(H,21,23)/t10-/m1/s1. The average Bonchev–Trinajstić information content (AvgIpc) is 3.10. The molecule has 0 radical (unpaired) electrons. The van der Waals surface area contributed by atoms with Crippen LogP contribution in [0.4, 0.5) is 5.00 Å². The fourth-order valence-electron chi connectivity index (χ4n) is 3.78.